The van der Waals surface area contributed by atoms with Crippen LogP contribution in [0.15, 0.2) is 12.1 Å². The molecule has 2 unspecified atom stereocenters. The Bertz CT molecular complexity index is 514. The van der Waals surface area contributed by atoms with E-state index in [2.05, 4.69) is 5.32 Å². The molecule has 0 bridgehead atoms. The first-order valence-corrected chi connectivity index (χ1v) is 6.07. The van der Waals surface area contributed by atoms with E-state index in [1.165, 1.54) is 0 Å². The zero-order valence-electron chi connectivity index (χ0n) is 10.3. The molecule has 1 saturated heterocycles. The van der Waals surface area contributed by atoms with E-state index in [4.69, 9.17) is 0 Å². The Labute approximate surface area is 112 Å². The van der Waals surface area contributed by atoms with Gasteiger partial charge in [0.15, 0.2) is 11.6 Å². The smallest absolute Gasteiger partial charge is 0.316 e. The van der Waals surface area contributed by atoms with E-state index in [0.717, 1.165) is 6.07 Å². The molecule has 0 aromatic heterocycles. The largest absolute Gasteiger partial charge is 0.419 e. The number of alkyl halides is 3. The summed E-state index contributed by atoms with van der Waals surface area (Å²) in [5.74, 6) is -4.90. The standard InChI is InChI=1S/C13H12F5NO/c14-10-2-1-9(11(12(10)15)13(16,17)18)8-3-4-19-5-7(8)6-20/h1-2,6-8,19H,3-5H2. The van der Waals surface area contributed by atoms with Crippen LogP contribution >= 0.6 is 0 Å². The maximum Gasteiger partial charge on any atom is 0.419 e. The average molecular weight is 293 g/mol. The van der Waals surface area contributed by atoms with Crippen molar-refractivity contribution in [2.24, 2.45) is 5.92 Å². The van der Waals surface area contributed by atoms with Crippen LogP contribution in [0.3, 0.4) is 0 Å². The van der Waals surface area contributed by atoms with Gasteiger partial charge in [0.1, 0.15) is 6.29 Å². The Morgan fingerprint density at radius 1 is 1.25 bits per heavy atom. The van der Waals surface area contributed by atoms with E-state index in [1.807, 2.05) is 0 Å². The number of benzene rings is 1. The number of carbonyl (C=O) groups is 1. The highest BCUT2D eigenvalue weighted by atomic mass is 19.4. The number of rotatable bonds is 2. The van der Waals surface area contributed by atoms with Crippen molar-refractivity contribution < 1.29 is 26.7 Å². The second kappa shape index (κ2) is 5.47. The van der Waals surface area contributed by atoms with Crippen molar-refractivity contribution in [3.63, 3.8) is 0 Å². The predicted molar refractivity (Wildman–Crippen MR) is 61.1 cm³/mol. The van der Waals surface area contributed by atoms with E-state index < -0.39 is 35.2 Å². The second-order valence-electron chi connectivity index (χ2n) is 4.72. The van der Waals surface area contributed by atoms with Crippen LogP contribution in [-0.2, 0) is 11.0 Å². The molecule has 1 fully saturated rings. The van der Waals surface area contributed by atoms with Crippen LogP contribution in [0.4, 0.5) is 22.0 Å². The minimum atomic E-state index is -5.00. The van der Waals surface area contributed by atoms with Crippen molar-refractivity contribution >= 4 is 6.29 Å². The minimum Gasteiger partial charge on any atom is -0.316 e. The van der Waals surface area contributed by atoms with Gasteiger partial charge in [0.2, 0.25) is 0 Å². The van der Waals surface area contributed by atoms with E-state index in [1.54, 1.807) is 0 Å². The number of aldehydes is 1. The number of halogens is 5. The van der Waals surface area contributed by atoms with Crippen LogP contribution in [0.25, 0.3) is 0 Å². The van der Waals surface area contributed by atoms with Crippen molar-refractivity contribution in [2.45, 2.75) is 18.5 Å². The van der Waals surface area contributed by atoms with Gasteiger partial charge in [-0.2, -0.15) is 13.2 Å². The van der Waals surface area contributed by atoms with Crippen LogP contribution < -0.4 is 5.32 Å². The van der Waals surface area contributed by atoms with Gasteiger partial charge >= 0.3 is 6.18 Å². The van der Waals surface area contributed by atoms with Gasteiger partial charge in [0.25, 0.3) is 0 Å². The molecule has 2 rings (SSSR count). The highest BCUT2D eigenvalue weighted by Crippen LogP contribution is 2.41. The summed E-state index contributed by atoms with van der Waals surface area (Å²) in [6.45, 7) is 0.649. The van der Waals surface area contributed by atoms with E-state index in [0.29, 0.717) is 18.9 Å². The van der Waals surface area contributed by atoms with Gasteiger partial charge in [0.05, 0.1) is 5.56 Å². The van der Waals surface area contributed by atoms with Crippen LogP contribution in [0.1, 0.15) is 23.5 Å². The molecule has 2 nitrogen and oxygen atoms in total. The van der Waals surface area contributed by atoms with Gasteiger partial charge in [-0.25, -0.2) is 8.78 Å². The fourth-order valence-electron chi connectivity index (χ4n) is 2.57. The SMILES string of the molecule is O=CC1CNCCC1c1ccc(F)c(F)c1C(F)(F)F. The quantitative estimate of drug-likeness (QED) is 0.671. The molecule has 1 N–H and O–H groups in total. The van der Waals surface area contributed by atoms with Crippen molar-refractivity contribution in [2.75, 3.05) is 13.1 Å². The van der Waals surface area contributed by atoms with Gasteiger partial charge in [-0.1, -0.05) is 6.07 Å². The predicted octanol–water partition coefficient (Wildman–Crippen LogP) is 2.88. The minimum absolute atomic E-state index is 0.227. The molecular formula is C13H12F5NO. The zero-order chi connectivity index (χ0) is 14.9. The summed E-state index contributed by atoms with van der Waals surface area (Å²) < 4.78 is 65.5. The number of carbonyl (C=O) groups excluding carboxylic acids is 1. The molecule has 2 atom stereocenters. The van der Waals surface area contributed by atoms with E-state index >= 15 is 0 Å². The van der Waals surface area contributed by atoms with Gasteiger partial charge in [0, 0.05) is 12.5 Å². The Morgan fingerprint density at radius 2 is 1.95 bits per heavy atom. The molecule has 1 aliphatic heterocycles. The molecule has 1 aromatic carbocycles. The van der Waals surface area contributed by atoms with Gasteiger partial charge in [-0.3, -0.25) is 0 Å². The molecule has 0 saturated carbocycles. The lowest BCUT2D eigenvalue weighted by Gasteiger charge is -2.30. The monoisotopic (exact) mass is 293 g/mol. The highest BCUT2D eigenvalue weighted by Gasteiger charge is 2.41. The van der Waals surface area contributed by atoms with Crippen LogP contribution in [-0.4, -0.2) is 19.4 Å². The maximum atomic E-state index is 13.5. The fourth-order valence-corrected chi connectivity index (χ4v) is 2.57. The van der Waals surface area contributed by atoms with Crippen molar-refractivity contribution in [3.8, 4) is 0 Å². The number of hydrogen-bond donors (Lipinski definition) is 1. The zero-order valence-corrected chi connectivity index (χ0v) is 10.3. The van der Waals surface area contributed by atoms with Gasteiger partial charge in [-0.05, 0) is 30.5 Å². The lowest BCUT2D eigenvalue weighted by atomic mass is 9.79. The third-order valence-corrected chi connectivity index (χ3v) is 3.51. The molecule has 0 aliphatic carbocycles. The molecule has 0 amide bonds. The Hall–Kier alpha value is -1.50. The molecule has 110 valence electrons. The lowest BCUT2D eigenvalue weighted by molar-refractivity contribution is -0.141. The summed E-state index contributed by atoms with van der Waals surface area (Å²) in [6.07, 6.45) is -4.18. The van der Waals surface area contributed by atoms with Crippen LogP contribution in [0.5, 0.6) is 0 Å². The van der Waals surface area contributed by atoms with Gasteiger partial charge in [-0.15, -0.1) is 0 Å². The lowest BCUT2D eigenvalue weighted by Crippen LogP contribution is -2.37. The third kappa shape index (κ3) is 2.67. The number of piperidine rings is 1. The molecule has 0 radical (unpaired) electrons. The maximum absolute atomic E-state index is 13.5. The first kappa shape index (κ1) is 14.9. The third-order valence-electron chi connectivity index (χ3n) is 3.51. The molecule has 20 heavy (non-hydrogen) atoms. The van der Waals surface area contributed by atoms with Crippen LogP contribution in [0.2, 0.25) is 0 Å². The first-order valence-electron chi connectivity index (χ1n) is 6.07. The van der Waals surface area contributed by atoms with E-state index in [-0.39, 0.29) is 18.5 Å². The Kier molecular flexibility index (Phi) is 4.08. The summed E-state index contributed by atoms with van der Waals surface area (Å²) in [6, 6.07) is 1.59. The van der Waals surface area contributed by atoms with Crippen molar-refractivity contribution in [3.05, 3.63) is 34.9 Å². The molecule has 0 spiro atoms. The van der Waals surface area contributed by atoms with Crippen LogP contribution in [0, 0.1) is 17.6 Å². The second-order valence-corrected chi connectivity index (χ2v) is 4.72. The first-order chi connectivity index (χ1) is 9.36. The Morgan fingerprint density at radius 3 is 2.55 bits per heavy atom. The van der Waals surface area contributed by atoms with Crippen molar-refractivity contribution in [1.82, 2.24) is 5.32 Å². The van der Waals surface area contributed by atoms with Crippen molar-refractivity contribution in [1.29, 1.82) is 0 Å². The molecule has 1 aromatic rings. The number of hydrogen-bond acceptors (Lipinski definition) is 2. The molecule has 1 aliphatic rings. The number of nitrogens with one attached hydrogen (secondary N) is 1. The summed E-state index contributed by atoms with van der Waals surface area (Å²) in [5, 5.41) is 2.89. The summed E-state index contributed by atoms with van der Waals surface area (Å²) >= 11 is 0. The fraction of sp³-hybridized carbons (Fsp3) is 0.462. The molecule has 1 heterocycles. The Balaban J connectivity index is 2.55. The van der Waals surface area contributed by atoms with E-state index in [9.17, 15) is 26.7 Å². The summed E-state index contributed by atoms with van der Waals surface area (Å²) in [4.78, 5) is 11.0. The molecular weight excluding hydrogens is 281 g/mol. The average Bonchev–Trinajstić information content (AvgIpc) is 2.40. The summed E-state index contributed by atoms with van der Waals surface area (Å²) in [7, 11) is 0. The van der Waals surface area contributed by atoms with Gasteiger partial charge < -0.3 is 10.1 Å². The highest BCUT2D eigenvalue weighted by molar-refractivity contribution is 5.57. The normalized spacial score (nSPS) is 23.6. The topological polar surface area (TPSA) is 29.1 Å². The molecule has 7 heteroatoms. The summed E-state index contributed by atoms with van der Waals surface area (Å²) in [5.41, 5.74) is -1.95.